The van der Waals surface area contributed by atoms with Crippen molar-refractivity contribution in [2.45, 2.75) is 38.8 Å². The van der Waals surface area contributed by atoms with Gasteiger partial charge in [0.05, 0.1) is 16.6 Å². The molecule has 0 radical (unpaired) electrons. The van der Waals surface area contributed by atoms with E-state index in [1.54, 1.807) is 6.20 Å². The van der Waals surface area contributed by atoms with Gasteiger partial charge in [0.1, 0.15) is 11.6 Å². The number of aryl methyl sites for hydroxylation is 2. The summed E-state index contributed by atoms with van der Waals surface area (Å²) in [7, 11) is 0. The molecule has 1 aliphatic rings. The van der Waals surface area contributed by atoms with Crippen LogP contribution >= 0.6 is 0 Å². The molecule has 0 bridgehead atoms. The van der Waals surface area contributed by atoms with E-state index in [9.17, 15) is 9.90 Å². The van der Waals surface area contributed by atoms with Crippen LogP contribution in [0.4, 0.5) is 5.82 Å². The van der Waals surface area contributed by atoms with Gasteiger partial charge in [-0.15, -0.1) is 0 Å². The molecule has 3 heterocycles. The van der Waals surface area contributed by atoms with E-state index < -0.39 is 5.60 Å². The normalized spacial score (nSPS) is 19.5. The van der Waals surface area contributed by atoms with Gasteiger partial charge in [0.25, 0.3) is 5.91 Å². The molecule has 2 aromatic heterocycles. The second-order valence-electron chi connectivity index (χ2n) is 7.73. The van der Waals surface area contributed by atoms with E-state index >= 15 is 0 Å². The number of pyridine rings is 1. The number of aliphatic hydroxyl groups is 1. The molecule has 1 unspecified atom stereocenters. The third kappa shape index (κ3) is 3.96. The van der Waals surface area contributed by atoms with Crippen molar-refractivity contribution < 1.29 is 9.90 Å². The van der Waals surface area contributed by atoms with Crippen molar-refractivity contribution in [3.63, 3.8) is 0 Å². The van der Waals surface area contributed by atoms with Gasteiger partial charge in [0.15, 0.2) is 0 Å². The number of nitrogens with zero attached hydrogens (tertiary/aromatic N) is 4. The number of fused-ring (bicyclic) bond motifs is 1. The van der Waals surface area contributed by atoms with E-state index in [0.29, 0.717) is 18.5 Å². The first-order chi connectivity index (χ1) is 14.0. The first kappa shape index (κ1) is 19.4. The molecule has 0 aliphatic carbocycles. The number of nitrogens with one attached hydrogen (secondary N) is 1. The fraction of sp³-hybridized carbons (Fsp3) is 0.409. The minimum absolute atomic E-state index is 0.195. The average Bonchev–Trinajstić information content (AvgIpc) is 3.06. The van der Waals surface area contributed by atoms with Crippen molar-refractivity contribution in [2.24, 2.45) is 0 Å². The van der Waals surface area contributed by atoms with Crippen LogP contribution in [0.2, 0.25) is 0 Å². The lowest BCUT2D eigenvalue weighted by Crippen LogP contribution is -2.54. The van der Waals surface area contributed by atoms with E-state index in [-0.39, 0.29) is 12.5 Å². The lowest BCUT2D eigenvalue weighted by Gasteiger charge is -2.39. The maximum atomic E-state index is 12.7. The Hall–Kier alpha value is -2.93. The number of carbonyl (C=O) groups excluding carboxylic acids is 1. The highest BCUT2D eigenvalue weighted by atomic mass is 16.3. The molecule has 0 saturated carbocycles. The maximum absolute atomic E-state index is 12.7. The van der Waals surface area contributed by atoms with E-state index in [0.717, 1.165) is 42.2 Å². The Morgan fingerprint density at radius 1 is 1.31 bits per heavy atom. The standard InChI is InChI=1S/C22H27N5O2/c1-3-27-16(2)25-18-13-17(8-9-19(18)27)21(28)24-14-22(29)10-6-12-26(15-22)20-7-4-5-11-23-20/h4-5,7-9,11,13,29H,3,6,10,12,14-15H2,1-2H3,(H,24,28). The monoisotopic (exact) mass is 393 g/mol. The Kier molecular flexibility index (Phi) is 5.24. The van der Waals surface area contributed by atoms with Gasteiger partial charge < -0.3 is 19.9 Å². The maximum Gasteiger partial charge on any atom is 0.251 e. The van der Waals surface area contributed by atoms with Crippen LogP contribution < -0.4 is 10.2 Å². The number of aromatic nitrogens is 3. The molecule has 2 N–H and O–H groups in total. The lowest BCUT2D eigenvalue weighted by molar-refractivity contribution is 0.0254. The topological polar surface area (TPSA) is 83.3 Å². The Balaban J connectivity index is 1.44. The Morgan fingerprint density at radius 3 is 2.93 bits per heavy atom. The molecule has 7 heteroatoms. The fourth-order valence-corrected chi connectivity index (χ4v) is 4.13. The zero-order valence-electron chi connectivity index (χ0n) is 16.9. The molecule has 7 nitrogen and oxygen atoms in total. The van der Waals surface area contributed by atoms with Crippen molar-refractivity contribution in [3.05, 3.63) is 54.0 Å². The number of rotatable bonds is 5. The number of β-amino-alcohol motifs (C(OH)–C–C–N with tert-alkyl or cyclic N) is 1. The van der Waals surface area contributed by atoms with Gasteiger partial charge in [0.2, 0.25) is 0 Å². The predicted octanol–water partition coefficient (Wildman–Crippen LogP) is 2.52. The van der Waals surface area contributed by atoms with Crippen molar-refractivity contribution in [1.82, 2.24) is 19.9 Å². The summed E-state index contributed by atoms with van der Waals surface area (Å²) in [5.41, 5.74) is 1.42. The molecule has 29 heavy (non-hydrogen) atoms. The number of hydrogen-bond donors (Lipinski definition) is 2. The molecule has 1 aromatic carbocycles. The van der Waals surface area contributed by atoms with Crippen LogP contribution in [-0.2, 0) is 6.54 Å². The van der Waals surface area contributed by atoms with E-state index in [4.69, 9.17) is 0 Å². The highest BCUT2D eigenvalue weighted by Gasteiger charge is 2.34. The molecule has 1 fully saturated rings. The van der Waals surface area contributed by atoms with Crippen molar-refractivity contribution in [2.75, 3.05) is 24.5 Å². The van der Waals surface area contributed by atoms with Crippen LogP contribution in [0.15, 0.2) is 42.6 Å². The van der Waals surface area contributed by atoms with Gasteiger partial charge in [-0.1, -0.05) is 6.07 Å². The summed E-state index contributed by atoms with van der Waals surface area (Å²) < 4.78 is 2.12. The van der Waals surface area contributed by atoms with Crippen LogP contribution in [0, 0.1) is 6.92 Å². The summed E-state index contributed by atoms with van der Waals surface area (Å²) in [5.74, 6) is 1.59. The summed E-state index contributed by atoms with van der Waals surface area (Å²) in [5, 5.41) is 14.0. The van der Waals surface area contributed by atoms with Gasteiger partial charge >= 0.3 is 0 Å². The molecule has 1 atom stereocenters. The van der Waals surface area contributed by atoms with Gasteiger partial charge in [-0.3, -0.25) is 4.79 Å². The van der Waals surface area contributed by atoms with Gasteiger partial charge in [-0.2, -0.15) is 0 Å². The third-order valence-electron chi connectivity index (χ3n) is 5.62. The zero-order valence-corrected chi connectivity index (χ0v) is 16.9. The van der Waals surface area contributed by atoms with E-state index in [1.807, 2.05) is 43.3 Å². The summed E-state index contributed by atoms with van der Waals surface area (Å²) >= 11 is 0. The summed E-state index contributed by atoms with van der Waals surface area (Å²) in [4.78, 5) is 23.7. The minimum Gasteiger partial charge on any atom is -0.386 e. The van der Waals surface area contributed by atoms with Crippen molar-refractivity contribution in [1.29, 1.82) is 0 Å². The smallest absolute Gasteiger partial charge is 0.251 e. The zero-order chi connectivity index (χ0) is 20.4. The summed E-state index contributed by atoms with van der Waals surface area (Å²) in [6.07, 6.45) is 3.25. The Morgan fingerprint density at radius 2 is 2.17 bits per heavy atom. The Bertz CT molecular complexity index is 1020. The third-order valence-corrected chi connectivity index (χ3v) is 5.62. The van der Waals surface area contributed by atoms with Crippen molar-refractivity contribution >= 4 is 22.8 Å². The number of imidazole rings is 1. The van der Waals surface area contributed by atoms with Crippen LogP contribution in [-0.4, -0.2) is 50.8 Å². The fourth-order valence-electron chi connectivity index (χ4n) is 4.13. The van der Waals surface area contributed by atoms with E-state index in [2.05, 4.69) is 31.7 Å². The number of amides is 1. The number of benzene rings is 1. The molecular formula is C22H27N5O2. The average molecular weight is 393 g/mol. The molecule has 0 spiro atoms. The molecule has 152 valence electrons. The molecular weight excluding hydrogens is 366 g/mol. The number of anilines is 1. The highest BCUT2D eigenvalue weighted by molar-refractivity contribution is 5.97. The van der Waals surface area contributed by atoms with E-state index in [1.165, 1.54) is 0 Å². The SMILES string of the molecule is CCn1c(C)nc2cc(C(=O)NCC3(O)CCCN(c4ccccn4)C3)ccc21. The van der Waals surface area contributed by atoms with Crippen molar-refractivity contribution in [3.8, 4) is 0 Å². The molecule has 3 aromatic rings. The predicted molar refractivity (Wildman–Crippen MR) is 113 cm³/mol. The molecule has 1 saturated heterocycles. The number of piperidine rings is 1. The first-order valence-electron chi connectivity index (χ1n) is 10.1. The quantitative estimate of drug-likeness (QED) is 0.696. The molecule has 1 amide bonds. The van der Waals surface area contributed by atoms with Gasteiger partial charge in [0, 0.05) is 37.9 Å². The largest absolute Gasteiger partial charge is 0.386 e. The second kappa shape index (κ2) is 7.83. The lowest BCUT2D eigenvalue weighted by atomic mass is 9.92. The summed E-state index contributed by atoms with van der Waals surface area (Å²) in [6, 6.07) is 11.3. The van der Waals surface area contributed by atoms with Gasteiger partial charge in [-0.25, -0.2) is 9.97 Å². The summed E-state index contributed by atoms with van der Waals surface area (Å²) in [6.45, 7) is 6.39. The van der Waals surface area contributed by atoms with Crippen LogP contribution in [0.25, 0.3) is 11.0 Å². The second-order valence-corrected chi connectivity index (χ2v) is 7.73. The highest BCUT2D eigenvalue weighted by Crippen LogP contribution is 2.24. The molecule has 4 rings (SSSR count). The van der Waals surface area contributed by atoms with Crippen LogP contribution in [0.1, 0.15) is 35.9 Å². The number of hydrogen-bond acceptors (Lipinski definition) is 5. The first-order valence-corrected chi connectivity index (χ1v) is 10.1. The van der Waals surface area contributed by atoms with Crippen LogP contribution in [0.3, 0.4) is 0 Å². The van der Waals surface area contributed by atoms with Gasteiger partial charge in [-0.05, 0) is 57.0 Å². The van der Waals surface area contributed by atoms with Crippen LogP contribution in [0.5, 0.6) is 0 Å². The number of carbonyl (C=O) groups is 1. The molecule has 1 aliphatic heterocycles. The minimum atomic E-state index is -0.976. The Labute approximate surface area is 170 Å².